The molecule has 0 spiro atoms. The van der Waals surface area contributed by atoms with E-state index in [0.29, 0.717) is 22.7 Å². The Morgan fingerprint density at radius 3 is 2.68 bits per heavy atom. The quantitative estimate of drug-likeness (QED) is 0.410. The van der Waals surface area contributed by atoms with Gasteiger partial charge in [0, 0.05) is 35.6 Å². The summed E-state index contributed by atoms with van der Waals surface area (Å²) in [5.41, 5.74) is 2.63. The molecule has 0 amide bonds. The predicted molar refractivity (Wildman–Crippen MR) is 120 cm³/mol. The Morgan fingerprint density at radius 1 is 1.23 bits per heavy atom. The minimum Gasteiger partial charge on any atom is -0.386 e. The number of fused-ring (bicyclic) bond motifs is 1. The van der Waals surface area contributed by atoms with Crippen molar-refractivity contribution in [2.75, 3.05) is 16.8 Å². The highest BCUT2D eigenvalue weighted by Crippen LogP contribution is 2.33. The number of nitrogens with one attached hydrogen (secondary N) is 1. The monoisotopic (exact) mass is 484 g/mol. The first-order chi connectivity index (χ1) is 14.7. The highest BCUT2D eigenvalue weighted by atomic mass is 79.9. The lowest BCUT2D eigenvalue weighted by atomic mass is 10.0. The molecule has 3 heterocycles. The molecule has 0 radical (unpaired) electrons. The maximum atomic E-state index is 11.0. The molecule has 160 valence electrons. The van der Waals surface area contributed by atoms with Crippen LogP contribution in [-0.2, 0) is 18.6 Å². The van der Waals surface area contributed by atoms with Crippen molar-refractivity contribution in [3.05, 3.63) is 74.3 Å². The minimum atomic E-state index is -0.948. The van der Waals surface area contributed by atoms with Crippen LogP contribution in [0.5, 0.6) is 0 Å². The maximum Gasteiger partial charge on any atom is 0.283 e. The third-order valence-electron chi connectivity index (χ3n) is 5.22. The van der Waals surface area contributed by atoms with Crippen molar-refractivity contribution in [3.63, 3.8) is 0 Å². The van der Waals surface area contributed by atoms with E-state index < -0.39 is 10.5 Å². The number of hydrogen-bond acceptors (Lipinski definition) is 8. The van der Waals surface area contributed by atoms with Crippen LogP contribution in [0.15, 0.2) is 47.3 Å². The summed E-state index contributed by atoms with van der Waals surface area (Å²) in [5, 5.41) is 24.4. The van der Waals surface area contributed by atoms with Crippen molar-refractivity contribution in [3.8, 4) is 0 Å². The number of rotatable bonds is 5. The van der Waals surface area contributed by atoms with E-state index in [4.69, 9.17) is 0 Å². The van der Waals surface area contributed by atoms with Crippen LogP contribution in [0.3, 0.4) is 0 Å². The molecule has 10 heteroatoms. The van der Waals surface area contributed by atoms with Gasteiger partial charge in [-0.2, -0.15) is 0 Å². The second kappa shape index (κ2) is 8.20. The fraction of sp³-hybridized carbons (Fsp3) is 0.286. The van der Waals surface area contributed by atoms with Gasteiger partial charge >= 0.3 is 0 Å². The first kappa shape index (κ1) is 21.1. The third-order valence-corrected chi connectivity index (χ3v) is 5.85. The van der Waals surface area contributed by atoms with Gasteiger partial charge in [-0.15, -0.1) is 0 Å². The summed E-state index contributed by atoms with van der Waals surface area (Å²) in [6.45, 7) is 4.73. The fourth-order valence-electron chi connectivity index (χ4n) is 3.47. The van der Waals surface area contributed by atoms with Gasteiger partial charge in [-0.3, -0.25) is 10.1 Å². The van der Waals surface area contributed by atoms with Crippen molar-refractivity contribution in [1.82, 2.24) is 15.0 Å². The Kier molecular flexibility index (Phi) is 5.59. The van der Waals surface area contributed by atoms with Crippen molar-refractivity contribution in [1.29, 1.82) is 0 Å². The van der Waals surface area contributed by atoms with Crippen LogP contribution in [0.2, 0.25) is 0 Å². The summed E-state index contributed by atoms with van der Waals surface area (Å²) in [6.07, 6.45) is 3.88. The normalized spacial score (nSPS) is 13.6. The SMILES string of the molecule is CC(C)(O)c1ccc(Nc2ncnc3c2CCN(c2ccc([N+](=O)[O-])c(Br)c2)C3)nc1. The van der Waals surface area contributed by atoms with Crippen molar-refractivity contribution in [2.24, 2.45) is 0 Å². The Hall–Kier alpha value is -3.11. The number of nitrogens with zero attached hydrogens (tertiary/aromatic N) is 5. The van der Waals surface area contributed by atoms with Gasteiger partial charge in [-0.1, -0.05) is 6.07 Å². The number of halogens is 1. The molecule has 4 rings (SSSR count). The van der Waals surface area contributed by atoms with Crippen LogP contribution in [-0.4, -0.2) is 31.5 Å². The summed E-state index contributed by atoms with van der Waals surface area (Å²) in [6, 6.07) is 8.66. The number of nitro groups is 1. The van der Waals surface area contributed by atoms with Crippen molar-refractivity contribution >= 4 is 38.9 Å². The molecule has 0 unspecified atom stereocenters. The lowest BCUT2D eigenvalue weighted by Crippen LogP contribution is -2.31. The molecule has 31 heavy (non-hydrogen) atoms. The summed E-state index contributed by atoms with van der Waals surface area (Å²) < 4.78 is 0.450. The molecule has 0 saturated carbocycles. The van der Waals surface area contributed by atoms with Crippen LogP contribution >= 0.6 is 15.9 Å². The Bertz CT molecular complexity index is 1130. The zero-order chi connectivity index (χ0) is 22.2. The zero-order valence-electron chi connectivity index (χ0n) is 17.0. The first-order valence-corrected chi connectivity index (χ1v) is 10.5. The summed E-state index contributed by atoms with van der Waals surface area (Å²) >= 11 is 3.29. The molecule has 9 nitrogen and oxygen atoms in total. The molecular weight excluding hydrogens is 464 g/mol. The Labute approximate surface area is 187 Å². The highest BCUT2D eigenvalue weighted by molar-refractivity contribution is 9.10. The van der Waals surface area contributed by atoms with Crippen molar-refractivity contribution < 1.29 is 10.0 Å². The van der Waals surface area contributed by atoms with Crippen molar-refractivity contribution in [2.45, 2.75) is 32.4 Å². The molecule has 3 aromatic rings. The van der Waals surface area contributed by atoms with Gasteiger partial charge < -0.3 is 15.3 Å². The number of aliphatic hydroxyl groups is 1. The number of hydrogen-bond donors (Lipinski definition) is 2. The molecule has 0 fully saturated rings. The summed E-state index contributed by atoms with van der Waals surface area (Å²) in [7, 11) is 0. The zero-order valence-corrected chi connectivity index (χ0v) is 18.6. The van der Waals surface area contributed by atoms with E-state index in [1.165, 1.54) is 12.4 Å². The first-order valence-electron chi connectivity index (χ1n) is 9.70. The lowest BCUT2D eigenvalue weighted by Gasteiger charge is -2.30. The van der Waals surface area contributed by atoms with Gasteiger partial charge in [0.05, 0.1) is 27.2 Å². The Balaban J connectivity index is 1.54. The average Bonchev–Trinajstić information content (AvgIpc) is 2.73. The predicted octanol–water partition coefficient (Wildman–Crippen LogP) is 4.08. The third kappa shape index (κ3) is 4.49. The molecule has 1 aromatic carbocycles. The van der Waals surface area contributed by atoms with Gasteiger partial charge in [-0.05, 0) is 54.4 Å². The average molecular weight is 485 g/mol. The second-order valence-electron chi connectivity index (χ2n) is 7.83. The largest absolute Gasteiger partial charge is 0.386 e. The molecule has 0 saturated heterocycles. The van der Waals surface area contributed by atoms with E-state index in [0.717, 1.165) is 35.5 Å². The van der Waals surface area contributed by atoms with E-state index in [9.17, 15) is 15.2 Å². The molecule has 1 aliphatic rings. The maximum absolute atomic E-state index is 11.0. The number of nitro benzene ring substituents is 1. The van der Waals surface area contributed by atoms with Crippen LogP contribution < -0.4 is 10.2 Å². The summed E-state index contributed by atoms with van der Waals surface area (Å²) in [5.74, 6) is 1.34. The molecule has 1 aliphatic heterocycles. The van der Waals surface area contributed by atoms with Crippen LogP contribution in [0.25, 0.3) is 0 Å². The smallest absolute Gasteiger partial charge is 0.283 e. The fourth-order valence-corrected chi connectivity index (χ4v) is 3.99. The highest BCUT2D eigenvalue weighted by Gasteiger charge is 2.23. The number of anilines is 3. The molecule has 2 aromatic heterocycles. The van der Waals surface area contributed by atoms with Crippen LogP contribution in [0, 0.1) is 10.1 Å². The molecule has 0 atom stereocenters. The van der Waals surface area contributed by atoms with Crippen LogP contribution in [0.1, 0.15) is 30.7 Å². The van der Waals surface area contributed by atoms with E-state index >= 15 is 0 Å². The topological polar surface area (TPSA) is 117 Å². The second-order valence-corrected chi connectivity index (χ2v) is 8.68. The molecule has 0 aliphatic carbocycles. The van der Waals surface area contributed by atoms with E-state index in [1.54, 1.807) is 32.2 Å². The van der Waals surface area contributed by atoms with E-state index in [1.807, 2.05) is 12.1 Å². The van der Waals surface area contributed by atoms with Gasteiger partial charge in [0.25, 0.3) is 5.69 Å². The van der Waals surface area contributed by atoms with E-state index in [-0.39, 0.29) is 5.69 Å². The lowest BCUT2D eigenvalue weighted by molar-refractivity contribution is -0.385. The molecular formula is C21H21BrN6O3. The van der Waals surface area contributed by atoms with Crippen LogP contribution in [0.4, 0.5) is 23.0 Å². The summed E-state index contributed by atoms with van der Waals surface area (Å²) in [4.78, 5) is 26.0. The van der Waals surface area contributed by atoms with Gasteiger partial charge in [0.2, 0.25) is 0 Å². The number of aromatic nitrogens is 3. The molecule has 2 N–H and O–H groups in total. The van der Waals surface area contributed by atoms with Gasteiger partial charge in [0.15, 0.2) is 0 Å². The minimum absolute atomic E-state index is 0.0399. The van der Waals surface area contributed by atoms with Gasteiger partial charge in [0.1, 0.15) is 18.0 Å². The number of pyridine rings is 1. The van der Waals surface area contributed by atoms with E-state index in [2.05, 4.69) is 41.1 Å². The Morgan fingerprint density at radius 2 is 2.03 bits per heavy atom. The number of benzene rings is 1. The van der Waals surface area contributed by atoms with Gasteiger partial charge in [-0.25, -0.2) is 15.0 Å². The molecule has 0 bridgehead atoms. The standard InChI is InChI=1S/C21H21BrN6O3/c1-21(2,29)13-3-6-19(23-10-13)26-20-15-7-8-27(11-17(15)24-12-25-20)14-4-5-18(28(30)31)16(22)9-14/h3-6,9-10,12,29H,7-8,11H2,1-2H3,(H,23,24,25,26).